The van der Waals surface area contributed by atoms with Crippen LogP contribution in [-0.2, 0) is 11.3 Å². The van der Waals surface area contributed by atoms with E-state index in [1.807, 2.05) is 18.4 Å². The predicted molar refractivity (Wildman–Crippen MR) is 116 cm³/mol. The average molecular weight is 446 g/mol. The Bertz CT molecular complexity index is 1230. The average Bonchev–Trinajstić information content (AvgIpc) is 3.39. The zero-order valence-electron chi connectivity index (χ0n) is 15.3. The number of benzene rings is 1. The first-order valence-corrected chi connectivity index (χ1v) is 11.0. The van der Waals surface area contributed by atoms with Gasteiger partial charge in [-0.1, -0.05) is 23.4 Å². The second kappa shape index (κ2) is 8.44. The molecule has 4 rings (SSSR count). The van der Waals surface area contributed by atoms with Gasteiger partial charge in [0.25, 0.3) is 5.56 Å². The normalized spacial score (nSPS) is 11.1. The fourth-order valence-corrected chi connectivity index (χ4v) is 4.48. The van der Waals surface area contributed by atoms with Crippen molar-refractivity contribution in [1.82, 2.24) is 14.9 Å². The molecule has 0 bridgehead atoms. The lowest BCUT2D eigenvalue weighted by Gasteiger charge is -2.13. The summed E-state index contributed by atoms with van der Waals surface area (Å²) in [6.07, 6.45) is 1.56. The summed E-state index contributed by atoms with van der Waals surface area (Å²) in [5, 5.41) is 5.71. The van der Waals surface area contributed by atoms with Crippen molar-refractivity contribution in [3.05, 3.63) is 74.7 Å². The number of thiophene rings is 1. The van der Waals surface area contributed by atoms with Crippen LogP contribution in [0.3, 0.4) is 0 Å². The molecule has 4 aromatic rings. The summed E-state index contributed by atoms with van der Waals surface area (Å²) >= 11 is 8.70. The number of hydrogen-bond donors (Lipinski definition) is 1. The highest BCUT2D eigenvalue weighted by molar-refractivity contribution is 7.99. The van der Waals surface area contributed by atoms with E-state index in [1.54, 1.807) is 36.6 Å². The van der Waals surface area contributed by atoms with Gasteiger partial charge >= 0.3 is 0 Å². The molecule has 0 atom stereocenters. The van der Waals surface area contributed by atoms with Gasteiger partial charge in [-0.05, 0) is 54.3 Å². The third-order valence-corrected chi connectivity index (χ3v) is 6.48. The molecule has 0 fully saturated rings. The molecule has 9 heteroatoms. The van der Waals surface area contributed by atoms with Crippen LogP contribution in [0.2, 0.25) is 5.02 Å². The molecule has 29 heavy (non-hydrogen) atoms. The van der Waals surface area contributed by atoms with Gasteiger partial charge in [0.05, 0.1) is 29.8 Å². The summed E-state index contributed by atoms with van der Waals surface area (Å²) in [6, 6.07) is 10.7. The van der Waals surface area contributed by atoms with Crippen molar-refractivity contribution in [2.75, 3.05) is 5.75 Å². The Labute approximate surface area is 179 Å². The Morgan fingerprint density at radius 3 is 2.97 bits per heavy atom. The maximum atomic E-state index is 13.1. The number of aryl methyl sites for hydroxylation is 1. The van der Waals surface area contributed by atoms with Gasteiger partial charge in [-0.15, -0.1) is 11.3 Å². The summed E-state index contributed by atoms with van der Waals surface area (Å²) in [5.74, 6) is 0.620. The third-order valence-electron chi connectivity index (χ3n) is 4.22. The van der Waals surface area contributed by atoms with E-state index in [2.05, 4.69) is 10.3 Å². The van der Waals surface area contributed by atoms with Crippen molar-refractivity contribution >= 4 is 50.8 Å². The van der Waals surface area contributed by atoms with E-state index in [-0.39, 0.29) is 17.2 Å². The molecule has 0 unspecified atom stereocenters. The molecule has 0 aliphatic heterocycles. The molecule has 0 saturated carbocycles. The van der Waals surface area contributed by atoms with Crippen LogP contribution in [0.1, 0.15) is 11.3 Å². The van der Waals surface area contributed by atoms with Gasteiger partial charge in [0.2, 0.25) is 5.91 Å². The Kier molecular flexibility index (Phi) is 5.75. The summed E-state index contributed by atoms with van der Waals surface area (Å²) < 4.78 is 7.32. The van der Waals surface area contributed by atoms with Crippen LogP contribution in [0.4, 0.5) is 0 Å². The summed E-state index contributed by atoms with van der Waals surface area (Å²) in [5.41, 5.74) is 1.98. The third kappa shape index (κ3) is 4.24. The molecule has 0 aliphatic carbocycles. The van der Waals surface area contributed by atoms with Crippen LogP contribution in [0.15, 0.2) is 62.4 Å². The summed E-state index contributed by atoms with van der Waals surface area (Å²) in [4.78, 5) is 30.0. The van der Waals surface area contributed by atoms with E-state index < -0.39 is 0 Å². The number of aromatic nitrogens is 2. The molecule has 0 radical (unpaired) electrons. The number of nitrogens with zero attached hydrogens (tertiary/aromatic N) is 2. The van der Waals surface area contributed by atoms with E-state index in [4.69, 9.17) is 16.0 Å². The molecule has 0 saturated heterocycles. The number of amides is 1. The van der Waals surface area contributed by atoms with E-state index in [9.17, 15) is 9.59 Å². The molecule has 3 heterocycles. The van der Waals surface area contributed by atoms with Crippen LogP contribution < -0.4 is 10.9 Å². The number of thioether (sulfide) groups is 1. The maximum Gasteiger partial charge on any atom is 0.276 e. The highest BCUT2D eigenvalue weighted by Crippen LogP contribution is 2.25. The zero-order valence-corrected chi connectivity index (χ0v) is 17.7. The van der Waals surface area contributed by atoms with Gasteiger partial charge < -0.3 is 9.73 Å². The highest BCUT2D eigenvalue weighted by atomic mass is 35.5. The monoisotopic (exact) mass is 445 g/mol. The van der Waals surface area contributed by atoms with Crippen molar-refractivity contribution in [1.29, 1.82) is 0 Å². The van der Waals surface area contributed by atoms with Crippen LogP contribution in [0.5, 0.6) is 0 Å². The number of carbonyl (C=O) groups excluding carboxylic acids is 1. The van der Waals surface area contributed by atoms with E-state index in [0.717, 1.165) is 5.56 Å². The minimum atomic E-state index is -0.176. The van der Waals surface area contributed by atoms with Crippen LogP contribution in [-0.4, -0.2) is 21.2 Å². The minimum absolute atomic E-state index is 0.120. The van der Waals surface area contributed by atoms with E-state index in [1.165, 1.54) is 27.7 Å². The summed E-state index contributed by atoms with van der Waals surface area (Å²) in [6.45, 7) is 2.19. The maximum absolute atomic E-state index is 13.1. The molecule has 1 amide bonds. The van der Waals surface area contributed by atoms with Crippen molar-refractivity contribution in [2.45, 2.75) is 18.6 Å². The van der Waals surface area contributed by atoms with Crippen molar-refractivity contribution in [3.8, 4) is 5.69 Å². The first-order valence-electron chi connectivity index (χ1n) is 8.71. The van der Waals surface area contributed by atoms with E-state index >= 15 is 0 Å². The van der Waals surface area contributed by atoms with E-state index in [0.29, 0.717) is 38.4 Å². The van der Waals surface area contributed by atoms with Gasteiger partial charge in [0, 0.05) is 5.02 Å². The second-order valence-electron chi connectivity index (χ2n) is 6.25. The number of nitrogens with one attached hydrogen (secondary N) is 1. The fourth-order valence-electron chi connectivity index (χ4n) is 2.76. The molecular formula is C20H16ClN3O3S2. The molecule has 6 nitrogen and oxygen atoms in total. The zero-order chi connectivity index (χ0) is 20.4. The molecule has 0 aliphatic rings. The van der Waals surface area contributed by atoms with Crippen LogP contribution in [0.25, 0.3) is 15.9 Å². The van der Waals surface area contributed by atoms with Crippen molar-refractivity contribution in [3.63, 3.8) is 0 Å². The molecule has 3 aromatic heterocycles. The molecule has 148 valence electrons. The fraction of sp³-hybridized carbons (Fsp3) is 0.150. The number of fused-ring (bicyclic) bond motifs is 1. The molecular weight excluding hydrogens is 430 g/mol. The largest absolute Gasteiger partial charge is 0.467 e. The Hall–Kier alpha value is -2.55. The lowest BCUT2D eigenvalue weighted by atomic mass is 10.2. The Morgan fingerprint density at radius 2 is 2.21 bits per heavy atom. The number of rotatable bonds is 6. The number of hydrogen-bond acceptors (Lipinski definition) is 6. The number of halogens is 1. The lowest BCUT2D eigenvalue weighted by molar-refractivity contribution is -0.118. The second-order valence-corrected chi connectivity index (χ2v) is 8.51. The molecule has 1 N–H and O–H groups in total. The van der Waals surface area contributed by atoms with Crippen LogP contribution >= 0.6 is 34.7 Å². The quantitative estimate of drug-likeness (QED) is 0.351. The number of furan rings is 1. The smallest absolute Gasteiger partial charge is 0.276 e. The lowest BCUT2D eigenvalue weighted by Crippen LogP contribution is -2.26. The number of carbonyl (C=O) groups is 1. The van der Waals surface area contributed by atoms with Gasteiger partial charge in [-0.2, -0.15) is 0 Å². The van der Waals surface area contributed by atoms with Gasteiger partial charge in [-0.3, -0.25) is 14.2 Å². The van der Waals surface area contributed by atoms with Crippen molar-refractivity contribution in [2.24, 2.45) is 0 Å². The first-order chi connectivity index (χ1) is 14.0. The molecule has 1 aromatic carbocycles. The summed E-state index contributed by atoms with van der Waals surface area (Å²) in [7, 11) is 0. The van der Waals surface area contributed by atoms with Gasteiger partial charge in [-0.25, -0.2) is 4.98 Å². The van der Waals surface area contributed by atoms with Gasteiger partial charge in [0.1, 0.15) is 10.5 Å². The van der Waals surface area contributed by atoms with Crippen molar-refractivity contribution < 1.29 is 9.21 Å². The Morgan fingerprint density at radius 1 is 1.34 bits per heavy atom. The molecule has 0 spiro atoms. The van der Waals surface area contributed by atoms with Gasteiger partial charge in [0.15, 0.2) is 5.16 Å². The minimum Gasteiger partial charge on any atom is -0.467 e. The topological polar surface area (TPSA) is 77.1 Å². The SMILES string of the molecule is Cc1cc(-n2c(SCC(=O)NCc3ccco3)nc3ccsc3c2=O)ccc1Cl. The predicted octanol–water partition coefficient (Wildman–Crippen LogP) is 4.41. The van der Waals surface area contributed by atoms with Crippen LogP contribution in [0, 0.1) is 6.92 Å². The first kappa shape index (κ1) is 19.8. The standard InChI is InChI=1S/C20H16ClN3O3S2/c1-12-9-13(4-5-15(12)21)24-19(26)18-16(6-8-28-18)23-20(24)29-11-17(25)22-10-14-3-2-7-27-14/h2-9H,10-11H2,1H3,(H,22,25). The highest BCUT2D eigenvalue weighted by Gasteiger charge is 2.16. The Balaban J connectivity index is 1.63.